The highest BCUT2D eigenvalue weighted by Gasteiger charge is 2.26. The minimum atomic E-state index is -0.153. The molecule has 3 N–H and O–H groups in total. The van der Waals surface area contributed by atoms with Gasteiger partial charge in [0.2, 0.25) is 5.91 Å². The van der Waals surface area contributed by atoms with Crippen molar-refractivity contribution in [2.24, 2.45) is 5.73 Å². The zero-order valence-electron chi connectivity index (χ0n) is 8.83. The van der Waals surface area contributed by atoms with Crippen molar-refractivity contribution < 1.29 is 4.79 Å². The van der Waals surface area contributed by atoms with Crippen LogP contribution in [0.1, 0.15) is 11.1 Å². The molecule has 0 aliphatic carbocycles. The van der Waals surface area contributed by atoms with Crippen molar-refractivity contribution in [3.8, 4) is 0 Å². The van der Waals surface area contributed by atoms with Gasteiger partial charge in [0.1, 0.15) is 5.25 Å². The number of amides is 1. The van der Waals surface area contributed by atoms with Gasteiger partial charge in [0.05, 0.1) is 5.69 Å². The number of rotatable bonds is 1. The SMILES string of the molecule is Cc1ccc2c(c1C)NC(=O)C(CN)S2. The van der Waals surface area contributed by atoms with E-state index in [-0.39, 0.29) is 11.2 Å². The summed E-state index contributed by atoms with van der Waals surface area (Å²) in [6, 6.07) is 4.12. The number of fused-ring (bicyclic) bond motifs is 1. The Morgan fingerprint density at radius 3 is 2.87 bits per heavy atom. The second-order valence-corrected chi connectivity index (χ2v) is 4.96. The summed E-state index contributed by atoms with van der Waals surface area (Å²) < 4.78 is 0. The standard InChI is InChI=1S/C11H14N2OS/c1-6-3-4-8-10(7(6)2)13-11(14)9(5-12)15-8/h3-4,9H,5,12H2,1-2H3,(H,13,14). The van der Waals surface area contributed by atoms with E-state index in [0.717, 1.165) is 16.1 Å². The maximum atomic E-state index is 11.6. The average Bonchev–Trinajstić information content (AvgIpc) is 2.24. The van der Waals surface area contributed by atoms with Crippen molar-refractivity contribution in [2.75, 3.05) is 11.9 Å². The van der Waals surface area contributed by atoms with Crippen LogP contribution in [0.3, 0.4) is 0 Å². The molecule has 1 aliphatic rings. The lowest BCUT2D eigenvalue weighted by molar-refractivity contribution is -0.115. The Balaban J connectivity index is 2.45. The van der Waals surface area contributed by atoms with Crippen LogP contribution in [0.25, 0.3) is 0 Å². The maximum Gasteiger partial charge on any atom is 0.239 e. The Labute approximate surface area is 93.4 Å². The molecule has 0 aromatic heterocycles. The number of benzene rings is 1. The van der Waals surface area contributed by atoms with Crippen LogP contribution in [0.5, 0.6) is 0 Å². The zero-order chi connectivity index (χ0) is 11.0. The minimum Gasteiger partial charge on any atom is -0.329 e. The van der Waals surface area contributed by atoms with Gasteiger partial charge in [0, 0.05) is 11.4 Å². The van der Waals surface area contributed by atoms with Crippen LogP contribution in [-0.4, -0.2) is 17.7 Å². The molecule has 0 saturated heterocycles. The van der Waals surface area contributed by atoms with E-state index >= 15 is 0 Å². The molecule has 15 heavy (non-hydrogen) atoms. The molecule has 0 fully saturated rings. The molecule has 1 amide bonds. The first-order valence-corrected chi connectivity index (χ1v) is 5.79. The first kappa shape index (κ1) is 10.5. The molecule has 0 bridgehead atoms. The fourth-order valence-corrected chi connectivity index (χ4v) is 2.65. The van der Waals surface area contributed by atoms with Gasteiger partial charge in [0.15, 0.2) is 0 Å². The van der Waals surface area contributed by atoms with Crippen LogP contribution in [0.4, 0.5) is 5.69 Å². The van der Waals surface area contributed by atoms with Gasteiger partial charge in [0.25, 0.3) is 0 Å². The molecule has 1 aliphatic heterocycles. The van der Waals surface area contributed by atoms with Gasteiger partial charge in [-0.2, -0.15) is 0 Å². The van der Waals surface area contributed by atoms with E-state index in [0.29, 0.717) is 6.54 Å². The molecule has 1 aromatic rings. The van der Waals surface area contributed by atoms with Gasteiger partial charge >= 0.3 is 0 Å². The molecule has 1 heterocycles. The van der Waals surface area contributed by atoms with E-state index < -0.39 is 0 Å². The average molecular weight is 222 g/mol. The van der Waals surface area contributed by atoms with Crippen molar-refractivity contribution in [1.82, 2.24) is 0 Å². The van der Waals surface area contributed by atoms with Crippen LogP contribution in [0.2, 0.25) is 0 Å². The number of nitrogens with one attached hydrogen (secondary N) is 1. The normalized spacial score (nSPS) is 19.7. The molecule has 0 spiro atoms. The van der Waals surface area contributed by atoms with Crippen LogP contribution >= 0.6 is 11.8 Å². The fraction of sp³-hybridized carbons (Fsp3) is 0.364. The van der Waals surface area contributed by atoms with E-state index in [9.17, 15) is 4.79 Å². The monoisotopic (exact) mass is 222 g/mol. The van der Waals surface area contributed by atoms with E-state index in [1.165, 1.54) is 5.56 Å². The lowest BCUT2D eigenvalue weighted by atomic mass is 10.1. The van der Waals surface area contributed by atoms with E-state index in [2.05, 4.69) is 11.4 Å². The highest BCUT2D eigenvalue weighted by atomic mass is 32.2. The lowest BCUT2D eigenvalue weighted by Crippen LogP contribution is -2.35. The fourth-order valence-electron chi connectivity index (χ4n) is 1.61. The summed E-state index contributed by atoms with van der Waals surface area (Å²) >= 11 is 1.55. The number of nitrogens with two attached hydrogens (primary N) is 1. The molecule has 80 valence electrons. The van der Waals surface area contributed by atoms with Crippen molar-refractivity contribution >= 4 is 23.4 Å². The summed E-state index contributed by atoms with van der Waals surface area (Å²) in [5, 5.41) is 2.78. The molecule has 1 aromatic carbocycles. The quantitative estimate of drug-likeness (QED) is 0.760. The molecule has 1 unspecified atom stereocenters. The van der Waals surface area contributed by atoms with Crippen LogP contribution in [0.15, 0.2) is 17.0 Å². The third kappa shape index (κ3) is 1.75. The number of hydrogen-bond acceptors (Lipinski definition) is 3. The third-order valence-electron chi connectivity index (χ3n) is 2.72. The molecule has 1 atom stereocenters. The van der Waals surface area contributed by atoms with Gasteiger partial charge in [-0.05, 0) is 31.0 Å². The number of anilines is 1. The van der Waals surface area contributed by atoms with Crippen molar-refractivity contribution in [3.63, 3.8) is 0 Å². The highest BCUT2D eigenvalue weighted by Crippen LogP contribution is 2.38. The zero-order valence-corrected chi connectivity index (χ0v) is 9.65. The van der Waals surface area contributed by atoms with Crippen molar-refractivity contribution in [1.29, 1.82) is 0 Å². The van der Waals surface area contributed by atoms with E-state index in [4.69, 9.17) is 5.73 Å². The molecule has 2 rings (SSSR count). The number of aryl methyl sites for hydroxylation is 1. The second-order valence-electron chi connectivity index (χ2n) is 3.71. The third-order valence-corrected chi connectivity index (χ3v) is 4.01. The number of carbonyl (C=O) groups is 1. The Hall–Kier alpha value is -1.000. The van der Waals surface area contributed by atoms with Crippen LogP contribution < -0.4 is 11.1 Å². The van der Waals surface area contributed by atoms with Gasteiger partial charge in [-0.3, -0.25) is 4.79 Å². The molecule has 3 nitrogen and oxygen atoms in total. The number of thioether (sulfide) groups is 1. The summed E-state index contributed by atoms with van der Waals surface area (Å²) in [6.07, 6.45) is 0. The predicted octanol–water partition coefficient (Wildman–Crippen LogP) is 1.67. The highest BCUT2D eigenvalue weighted by molar-refractivity contribution is 8.01. The number of carbonyl (C=O) groups excluding carboxylic acids is 1. The van der Waals surface area contributed by atoms with Gasteiger partial charge in [-0.25, -0.2) is 0 Å². The van der Waals surface area contributed by atoms with Crippen LogP contribution in [0, 0.1) is 13.8 Å². The van der Waals surface area contributed by atoms with Gasteiger partial charge < -0.3 is 11.1 Å². The van der Waals surface area contributed by atoms with Gasteiger partial charge in [-0.1, -0.05) is 6.07 Å². The largest absolute Gasteiger partial charge is 0.329 e. The van der Waals surface area contributed by atoms with Gasteiger partial charge in [-0.15, -0.1) is 11.8 Å². The lowest BCUT2D eigenvalue weighted by Gasteiger charge is -2.25. The Morgan fingerprint density at radius 1 is 1.47 bits per heavy atom. The summed E-state index contributed by atoms with van der Waals surface area (Å²) in [7, 11) is 0. The van der Waals surface area contributed by atoms with E-state index in [1.807, 2.05) is 19.9 Å². The first-order valence-electron chi connectivity index (χ1n) is 4.91. The molecule has 0 radical (unpaired) electrons. The number of hydrogen-bond donors (Lipinski definition) is 2. The van der Waals surface area contributed by atoms with Crippen LogP contribution in [-0.2, 0) is 4.79 Å². The summed E-state index contributed by atoms with van der Waals surface area (Å²) in [4.78, 5) is 12.8. The molecular formula is C11H14N2OS. The molecular weight excluding hydrogens is 208 g/mol. The smallest absolute Gasteiger partial charge is 0.239 e. The van der Waals surface area contributed by atoms with E-state index in [1.54, 1.807) is 11.8 Å². The summed E-state index contributed by atoms with van der Waals surface area (Å²) in [6.45, 7) is 4.45. The summed E-state index contributed by atoms with van der Waals surface area (Å²) in [5.74, 6) is 0.0173. The topological polar surface area (TPSA) is 55.1 Å². The van der Waals surface area contributed by atoms with Crippen molar-refractivity contribution in [3.05, 3.63) is 23.3 Å². The summed E-state index contributed by atoms with van der Waals surface area (Å²) in [5.41, 5.74) is 8.83. The minimum absolute atomic E-state index is 0.0173. The Morgan fingerprint density at radius 2 is 2.20 bits per heavy atom. The predicted molar refractivity (Wildman–Crippen MR) is 63.2 cm³/mol. The maximum absolute atomic E-state index is 11.6. The Bertz CT molecular complexity index is 417. The van der Waals surface area contributed by atoms with Crippen molar-refractivity contribution in [2.45, 2.75) is 24.0 Å². The second kappa shape index (κ2) is 3.87. The Kier molecular flexibility index (Phi) is 2.71. The molecule has 0 saturated carbocycles. The molecule has 4 heteroatoms. The first-order chi connectivity index (χ1) is 7.13.